The Morgan fingerprint density at radius 2 is 1.51 bits per heavy atom. The van der Waals surface area contributed by atoms with Crippen LogP contribution < -0.4 is 23.7 Å². The second kappa shape index (κ2) is 10.1. The summed E-state index contributed by atoms with van der Waals surface area (Å²) in [4.78, 5) is 17.3. The van der Waals surface area contributed by atoms with Gasteiger partial charge < -0.3 is 28.6 Å². The molecule has 0 N–H and O–H groups in total. The van der Waals surface area contributed by atoms with Gasteiger partial charge in [0.15, 0.2) is 23.0 Å². The van der Waals surface area contributed by atoms with Crippen molar-refractivity contribution in [2.45, 2.75) is 6.54 Å². The van der Waals surface area contributed by atoms with Crippen molar-refractivity contribution in [3.63, 3.8) is 0 Å². The number of methoxy groups -OCH3 is 2. The zero-order valence-electron chi connectivity index (χ0n) is 19.9. The van der Waals surface area contributed by atoms with E-state index in [0.29, 0.717) is 41.7 Å². The number of rotatable bonds is 7. The minimum Gasteiger partial charge on any atom is -0.493 e. The zero-order chi connectivity index (χ0) is 24.2. The molecule has 8 nitrogen and oxygen atoms in total. The van der Waals surface area contributed by atoms with Crippen LogP contribution in [0.2, 0.25) is 0 Å². The highest BCUT2D eigenvalue weighted by atomic mass is 16.7. The van der Waals surface area contributed by atoms with E-state index < -0.39 is 0 Å². The van der Waals surface area contributed by atoms with Crippen molar-refractivity contribution in [2.75, 3.05) is 47.2 Å². The van der Waals surface area contributed by atoms with Gasteiger partial charge in [0.2, 0.25) is 6.79 Å². The van der Waals surface area contributed by atoms with Crippen molar-refractivity contribution < 1.29 is 28.5 Å². The molecule has 3 aromatic carbocycles. The van der Waals surface area contributed by atoms with Gasteiger partial charge in [0.05, 0.1) is 14.2 Å². The summed E-state index contributed by atoms with van der Waals surface area (Å²) in [7, 11) is 3.27. The first-order valence-corrected chi connectivity index (χ1v) is 11.5. The van der Waals surface area contributed by atoms with E-state index in [2.05, 4.69) is 4.90 Å². The van der Waals surface area contributed by atoms with Crippen LogP contribution in [0.3, 0.4) is 0 Å². The van der Waals surface area contributed by atoms with Crippen LogP contribution in [0.4, 0.5) is 0 Å². The maximum absolute atomic E-state index is 13.0. The van der Waals surface area contributed by atoms with Crippen molar-refractivity contribution in [1.29, 1.82) is 0 Å². The van der Waals surface area contributed by atoms with Gasteiger partial charge in [-0.1, -0.05) is 6.07 Å². The van der Waals surface area contributed by atoms with Crippen LogP contribution in [0.15, 0.2) is 60.7 Å². The van der Waals surface area contributed by atoms with Gasteiger partial charge in [0, 0.05) is 44.4 Å². The van der Waals surface area contributed by atoms with Crippen molar-refractivity contribution in [2.24, 2.45) is 0 Å². The van der Waals surface area contributed by atoms with E-state index in [9.17, 15) is 4.79 Å². The van der Waals surface area contributed by atoms with Crippen LogP contribution in [-0.4, -0.2) is 62.9 Å². The van der Waals surface area contributed by atoms with Crippen molar-refractivity contribution in [3.05, 3.63) is 71.8 Å². The van der Waals surface area contributed by atoms with Gasteiger partial charge in [-0.15, -0.1) is 0 Å². The number of carbonyl (C=O) groups is 1. The second-order valence-corrected chi connectivity index (χ2v) is 8.40. The van der Waals surface area contributed by atoms with Gasteiger partial charge in [-0.3, -0.25) is 9.69 Å². The first-order chi connectivity index (χ1) is 17.1. The van der Waals surface area contributed by atoms with Crippen LogP contribution in [0.5, 0.6) is 34.5 Å². The van der Waals surface area contributed by atoms with E-state index in [4.69, 9.17) is 23.7 Å². The normalized spacial score (nSPS) is 15.1. The third-order valence-corrected chi connectivity index (χ3v) is 6.19. The van der Waals surface area contributed by atoms with Crippen LogP contribution >= 0.6 is 0 Å². The Morgan fingerprint density at radius 3 is 2.26 bits per heavy atom. The summed E-state index contributed by atoms with van der Waals surface area (Å²) in [6.45, 7) is 4.01. The fourth-order valence-electron chi connectivity index (χ4n) is 4.27. The molecule has 35 heavy (non-hydrogen) atoms. The van der Waals surface area contributed by atoms with E-state index in [1.807, 2.05) is 47.4 Å². The lowest BCUT2D eigenvalue weighted by molar-refractivity contribution is 0.0628. The van der Waals surface area contributed by atoms with Gasteiger partial charge in [-0.05, 0) is 54.1 Å². The van der Waals surface area contributed by atoms with Gasteiger partial charge in [0.25, 0.3) is 5.91 Å². The molecule has 2 aliphatic heterocycles. The van der Waals surface area contributed by atoms with Crippen molar-refractivity contribution in [3.8, 4) is 34.5 Å². The summed E-state index contributed by atoms with van der Waals surface area (Å²) in [5.41, 5.74) is 1.80. The first kappa shape index (κ1) is 22.9. The van der Waals surface area contributed by atoms with E-state index in [-0.39, 0.29) is 12.7 Å². The molecule has 0 saturated carbocycles. The fraction of sp³-hybridized carbons (Fsp3) is 0.296. The molecule has 3 aromatic rings. The molecule has 8 heteroatoms. The molecule has 0 radical (unpaired) electrons. The zero-order valence-corrected chi connectivity index (χ0v) is 19.9. The third-order valence-electron chi connectivity index (χ3n) is 6.19. The van der Waals surface area contributed by atoms with Gasteiger partial charge in [-0.25, -0.2) is 0 Å². The van der Waals surface area contributed by atoms with Crippen molar-refractivity contribution in [1.82, 2.24) is 9.80 Å². The molecular formula is C27H28N2O6. The molecule has 1 amide bonds. The Morgan fingerprint density at radius 1 is 0.800 bits per heavy atom. The number of fused-ring (bicyclic) bond motifs is 1. The molecule has 2 heterocycles. The average molecular weight is 477 g/mol. The van der Waals surface area contributed by atoms with Crippen LogP contribution in [0.1, 0.15) is 15.9 Å². The molecule has 0 spiro atoms. The molecule has 2 aliphatic rings. The smallest absolute Gasteiger partial charge is 0.253 e. The highest BCUT2D eigenvalue weighted by molar-refractivity contribution is 5.94. The van der Waals surface area contributed by atoms with Crippen LogP contribution in [-0.2, 0) is 6.54 Å². The molecule has 0 unspecified atom stereocenters. The number of amides is 1. The monoisotopic (exact) mass is 476 g/mol. The first-order valence-electron chi connectivity index (χ1n) is 11.5. The summed E-state index contributed by atoms with van der Waals surface area (Å²) >= 11 is 0. The highest BCUT2D eigenvalue weighted by Crippen LogP contribution is 2.36. The average Bonchev–Trinajstić information content (AvgIpc) is 3.37. The molecule has 0 bridgehead atoms. The molecule has 0 aliphatic carbocycles. The Hall–Kier alpha value is -3.91. The molecule has 5 rings (SSSR count). The Balaban J connectivity index is 1.14. The van der Waals surface area contributed by atoms with Crippen LogP contribution in [0, 0.1) is 0 Å². The van der Waals surface area contributed by atoms with Crippen molar-refractivity contribution >= 4 is 5.91 Å². The molecule has 1 fully saturated rings. The summed E-state index contributed by atoms with van der Waals surface area (Å²) < 4.78 is 27.3. The summed E-state index contributed by atoms with van der Waals surface area (Å²) in [6.07, 6.45) is 0. The van der Waals surface area contributed by atoms with Gasteiger partial charge >= 0.3 is 0 Å². The van der Waals surface area contributed by atoms with E-state index in [1.54, 1.807) is 32.4 Å². The third kappa shape index (κ3) is 5.12. The number of hydrogen-bond acceptors (Lipinski definition) is 7. The predicted molar refractivity (Wildman–Crippen MR) is 130 cm³/mol. The highest BCUT2D eigenvalue weighted by Gasteiger charge is 2.22. The number of nitrogens with zero attached hydrogens (tertiary/aromatic N) is 2. The Bertz CT molecular complexity index is 1190. The standard InChI is InChI=1S/C27H28N2O6/c1-31-23-9-3-19(15-25(23)32-2)17-28-11-13-29(14-12-28)27(30)20-4-6-21(7-5-20)35-22-8-10-24-26(16-22)34-18-33-24/h3-10,15-16H,11-14,17-18H2,1-2H3. The van der Waals surface area contributed by atoms with Gasteiger partial charge in [0.1, 0.15) is 11.5 Å². The maximum atomic E-state index is 13.0. The number of benzene rings is 3. The van der Waals surface area contributed by atoms with E-state index in [1.165, 1.54) is 0 Å². The molecule has 0 aromatic heterocycles. The number of piperazine rings is 1. The molecule has 1 saturated heterocycles. The number of hydrogen-bond donors (Lipinski definition) is 0. The van der Waals surface area contributed by atoms with Gasteiger partial charge in [-0.2, -0.15) is 0 Å². The lowest BCUT2D eigenvalue weighted by Crippen LogP contribution is -2.48. The lowest BCUT2D eigenvalue weighted by Gasteiger charge is -2.35. The largest absolute Gasteiger partial charge is 0.493 e. The SMILES string of the molecule is COc1ccc(CN2CCN(C(=O)c3ccc(Oc4ccc5c(c4)OCO5)cc3)CC2)cc1OC. The summed E-state index contributed by atoms with van der Waals surface area (Å²) in [5.74, 6) is 4.16. The number of carbonyl (C=O) groups excluding carboxylic acids is 1. The summed E-state index contributed by atoms with van der Waals surface area (Å²) in [5, 5.41) is 0. The fourth-order valence-corrected chi connectivity index (χ4v) is 4.27. The molecule has 182 valence electrons. The van der Waals surface area contributed by atoms with E-state index >= 15 is 0 Å². The molecular weight excluding hydrogens is 448 g/mol. The summed E-state index contributed by atoms with van der Waals surface area (Å²) in [6, 6.07) is 18.7. The van der Waals surface area contributed by atoms with Crippen LogP contribution in [0.25, 0.3) is 0 Å². The minimum absolute atomic E-state index is 0.0328. The minimum atomic E-state index is 0.0328. The lowest BCUT2D eigenvalue weighted by atomic mass is 10.1. The quantitative estimate of drug-likeness (QED) is 0.507. The Kier molecular flexibility index (Phi) is 6.63. The van der Waals surface area contributed by atoms with E-state index in [0.717, 1.165) is 36.7 Å². The topological polar surface area (TPSA) is 69.7 Å². The predicted octanol–water partition coefficient (Wildman–Crippen LogP) is 4.18. The molecule has 0 atom stereocenters. The Labute approximate surface area is 204 Å². The second-order valence-electron chi connectivity index (χ2n) is 8.40. The number of ether oxygens (including phenoxy) is 5. The maximum Gasteiger partial charge on any atom is 0.253 e.